The van der Waals surface area contributed by atoms with Crippen molar-refractivity contribution in [1.29, 1.82) is 0 Å². The molecule has 4 heteroatoms. The number of para-hydroxylation sites is 1. The molecule has 0 unspecified atom stereocenters. The minimum Gasteiger partial charge on any atom is -0.489 e. The SMILES string of the molecule is Cc1cc(OCc2cc3ccccc3nc2N)ccc1Cl. The highest BCUT2D eigenvalue weighted by Crippen LogP contribution is 2.23. The van der Waals surface area contributed by atoms with E-state index < -0.39 is 0 Å². The quantitative estimate of drug-likeness (QED) is 0.781. The van der Waals surface area contributed by atoms with E-state index in [-0.39, 0.29) is 0 Å². The van der Waals surface area contributed by atoms with E-state index in [2.05, 4.69) is 4.98 Å². The fraction of sp³-hybridized carbons (Fsp3) is 0.118. The van der Waals surface area contributed by atoms with Crippen LogP contribution in [-0.4, -0.2) is 4.98 Å². The van der Waals surface area contributed by atoms with Gasteiger partial charge in [0.15, 0.2) is 0 Å². The average molecular weight is 299 g/mol. The summed E-state index contributed by atoms with van der Waals surface area (Å²) in [6.45, 7) is 2.33. The van der Waals surface area contributed by atoms with Gasteiger partial charge in [0, 0.05) is 16.0 Å². The van der Waals surface area contributed by atoms with Crippen molar-refractivity contribution in [2.75, 3.05) is 5.73 Å². The normalized spacial score (nSPS) is 10.8. The van der Waals surface area contributed by atoms with Crippen LogP contribution in [0.4, 0.5) is 5.82 Å². The molecule has 0 bridgehead atoms. The van der Waals surface area contributed by atoms with E-state index in [1.54, 1.807) is 0 Å². The number of nitrogens with two attached hydrogens (primary N) is 1. The molecule has 1 aromatic heterocycles. The highest BCUT2D eigenvalue weighted by atomic mass is 35.5. The topological polar surface area (TPSA) is 48.1 Å². The van der Waals surface area contributed by atoms with Crippen LogP contribution in [-0.2, 0) is 6.61 Å². The Hall–Kier alpha value is -2.26. The zero-order valence-electron chi connectivity index (χ0n) is 11.6. The Kier molecular flexibility index (Phi) is 3.67. The molecule has 2 N–H and O–H groups in total. The molecule has 0 aliphatic heterocycles. The van der Waals surface area contributed by atoms with Crippen LogP contribution in [0.5, 0.6) is 5.75 Å². The first-order chi connectivity index (χ1) is 10.1. The number of nitrogens with zero attached hydrogens (tertiary/aromatic N) is 1. The Balaban J connectivity index is 1.84. The van der Waals surface area contributed by atoms with Crippen LogP contribution >= 0.6 is 11.6 Å². The van der Waals surface area contributed by atoms with E-state index >= 15 is 0 Å². The molecule has 0 aliphatic carbocycles. The lowest BCUT2D eigenvalue weighted by molar-refractivity contribution is 0.306. The number of halogens is 1. The van der Waals surface area contributed by atoms with E-state index in [1.165, 1.54) is 0 Å². The van der Waals surface area contributed by atoms with Crippen molar-refractivity contribution in [3.63, 3.8) is 0 Å². The van der Waals surface area contributed by atoms with Gasteiger partial charge in [-0.1, -0.05) is 29.8 Å². The maximum absolute atomic E-state index is 6.00. The summed E-state index contributed by atoms with van der Waals surface area (Å²) in [4.78, 5) is 4.40. The van der Waals surface area contributed by atoms with Crippen LogP contribution in [0.2, 0.25) is 5.02 Å². The number of aryl methyl sites for hydroxylation is 1. The molecule has 1 heterocycles. The molecule has 21 heavy (non-hydrogen) atoms. The molecular formula is C17H15ClN2O. The third-order valence-corrected chi connectivity index (χ3v) is 3.78. The summed E-state index contributed by atoms with van der Waals surface area (Å²) in [5, 5.41) is 1.78. The first kappa shape index (κ1) is 13.7. The number of anilines is 1. The Morgan fingerprint density at radius 3 is 2.76 bits per heavy atom. The predicted octanol–water partition coefficient (Wildman–Crippen LogP) is 4.36. The van der Waals surface area contributed by atoms with Crippen LogP contribution in [0.3, 0.4) is 0 Å². The van der Waals surface area contributed by atoms with E-state index in [9.17, 15) is 0 Å². The van der Waals surface area contributed by atoms with Crippen molar-refractivity contribution in [1.82, 2.24) is 4.98 Å². The monoisotopic (exact) mass is 298 g/mol. The van der Waals surface area contributed by atoms with E-state index in [0.717, 1.165) is 32.8 Å². The summed E-state index contributed by atoms with van der Waals surface area (Å²) >= 11 is 6.00. The number of pyridine rings is 1. The molecule has 3 aromatic rings. The van der Waals surface area contributed by atoms with Crippen LogP contribution in [0.1, 0.15) is 11.1 Å². The van der Waals surface area contributed by atoms with Gasteiger partial charge in [0.25, 0.3) is 0 Å². The molecular weight excluding hydrogens is 284 g/mol. The molecule has 2 aromatic carbocycles. The summed E-state index contributed by atoms with van der Waals surface area (Å²) in [5.74, 6) is 1.27. The maximum Gasteiger partial charge on any atom is 0.130 e. The molecule has 0 fully saturated rings. The molecule has 0 spiro atoms. The number of rotatable bonds is 3. The van der Waals surface area contributed by atoms with Crippen LogP contribution in [0.25, 0.3) is 10.9 Å². The van der Waals surface area contributed by atoms with Crippen molar-refractivity contribution in [2.24, 2.45) is 0 Å². The molecule has 0 atom stereocenters. The zero-order chi connectivity index (χ0) is 14.8. The highest BCUT2D eigenvalue weighted by Gasteiger charge is 2.05. The Morgan fingerprint density at radius 1 is 1.14 bits per heavy atom. The maximum atomic E-state index is 6.00. The number of hydrogen-bond donors (Lipinski definition) is 1. The zero-order valence-corrected chi connectivity index (χ0v) is 12.4. The van der Waals surface area contributed by atoms with Gasteiger partial charge in [-0.3, -0.25) is 0 Å². The van der Waals surface area contributed by atoms with Gasteiger partial charge in [0.1, 0.15) is 18.2 Å². The summed E-state index contributed by atoms with van der Waals surface area (Å²) < 4.78 is 5.78. The van der Waals surface area contributed by atoms with Gasteiger partial charge in [-0.25, -0.2) is 4.98 Å². The number of fused-ring (bicyclic) bond motifs is 1. The summed E-state index contributed by atoms with van der Waals surface area (Å²) in [5.41, 5.74) is 8.74. The van der Waals surface area contributed by atoms with Crippen molar-refractivity contribution in [2.45, 2.75) is 13.5 Å². The molecule has 0 saturated heterocycles. The summed E-state index contributed by atoms with van der Waals surface area (Å²) in [6, 6.07) is 15.5. The molecule has 0 amide bonds. The number of aromatic nitrogens is 1. The number of nitrogen functional groups attached to an aromatic ring is 1. The van der Waals surface area contributed by atoms with Gasteiger partial charge in [-0.05, 0) is 42.8 Å². The largest absolute Gasteiger partial charge is 0.489 e. The second-order valence-corrected chi connectivity index (χ2v) is 5.33. The van der Waals surface area contributed by atoms with Crippen molar-refractivity contribution in [3.05, 3.63) is 64.7 Å². The van der Waals surface area contributed by atoms with E-state index in [0.29, 0.717) is 12.4 Å². The molecule has 3 rings (SSSR count). The van der Waals surface area contributed by atoms with Crippen molar-refractivity contribution in [3.8, 4) is 5.75 Å². The minimum absolute atomic E-state index is 0.380. The van der Waals surface area contributed by atoms with E-state index in [4.69, 9.17) is 22.1 Å². The smallest absolute Gasteiger partial charge is 0.130 e. The number of benzene rings is 2. The second kappa shape index (κ2) is 5.62. The van der Waals surface area contributed by atoms with Gasteiger partial charge in [-0.2, -0.15) is 0 Å². The molecule has 3 nitrogen and oxygen atoms in total. The Morgan fingerprint density at radius 2 is 1.95 bits per heavy atom. The van der Waals surface area contributed by atoms with Gasteiger partial charge < -0.3 is 10.5 Å². The van der Waals surface area contributed by atoms with Gasteiger partial charge in [0.05, 0.1) is 5.52 Å². The third-order valence-electron chi connectivity index (χ3n) is 3.36. The predicted molar refractivity (Wildman–Crippen MR) is 86.7 cm³/mol. The fourth-order valence-corrected chi connectivity index (χ4v) is 2.28. The van der Waals surface area contributed by atoms with Crippen LogP contribution < -0.4 is 10.5 Å². The van der Waals surface area contributed by atoms with Crippen molar-refractivity contribution >= 4 is 28.3 Å². The highest BCUT2D eigenvalue weighted by molar-refractivity contribution is 6.31. The Labute approximate surface area is 128 Å². The lowest BCUT2D eigenvalue weighted by atomic mass is 10.1. The number of hydrogen-bond acceptors (Lipinski definition) is 3. The summed E-state index contributed by atoms with van der Waals surface area (Å²) in [7, 11) is 0. The first-order valence-electron chi connectivity index (χ1n) is 6.66. The van der Waals surface area contributed by atoms with E-state index in [1.807, 2.05) is 55.5 Å². The number of ether oxygens (including phenoxy) is 1. The lowest BCUT2D eigenvalue weighted by Gasteiger charge is -2.10. The fourth-order valence-electron chi connectivity index (χ4n) is 2.16. The molecule has 0 aliphatic rings. The third kappa shape index (κ3) is 2.93. The minimum atomic E-state index is 0.380. The lowest BCUT2D eigenvalue weighted by Crippen LogP contribution is -2.03. The standard InChI is InChI=1S/C17H15ClN2O/c1-11-8-14(6-7-15(11)18)21-10-13-9-12-4-2-3-5-16(12)20-17(13)19/h2-9H,10H2,1H3,(H2,19,20). The average Bonchev–Trinajstić information content (AvgIpc) is 2.48. The second-order valence-electron chi connectivity index (χ2n) is 4.93. The molecule has 106 valence electrons. The Bertz CT molecular complexity index is 802. The van der Waals surface area contributed by atoms with Gasteiger partial charge in [0.2, 0.25) is 0 Å². The molecule has 0 radical (unpaired) electrons. The van der Waals surface area contributed by atoms with Gasteiger partial charge in [-0.15, -0.1) is 0 Å². The molecule has 0 saturated carbocycles. The van der Waals surface area contributed by atoms with Crippen LogP contribution in [0, 0.1) is 6.92 Å². The first-order valence-corrected chi connectivity index (χ1v) is 7.04. The van der Waals surface area contributed by atoms with Gasteiger partial charge >= 0.3 is 0 Å². The summed E-state index contributed by atoms with van der Waals surface area (Å²) in [6.07, 6.45) is 0. The van der Waals surface area contributed by atoms with Crippen LogP contribution in [0.15, 0.2) is 48.5 Å². The van der Waals surface area contributed by atoms with Crippen molar-refractivity contribution < 1.29 is 4.74 Å².